The van der Waals surface area contributed by atoms with Crippen LogP contribution in [0.1, 0.15) is 0 Å². The van der Waals surface area contributed by atoms with Crippen molar-refractivity contribution in [1.29, 1.82) is 0 Å². The normalized spacial score (nSPS) is 11.4. The number of hydrogen-bond donors (Lipinski definition) is 1. The van der Waals surface area contributed by atoms with E-state index >= 15 is 0 Å². The van der Waals surface area contributed by atoms with Crippen LogP contribution >= 0.6 is 0 Å². The summed E-state index contributed by atoms with van der Waals surface area (Å²) in [6, 6.07) is 19.0. The standard InChI is InChI=1S/C17H13NO/c1-19-12-7-9-14-15-8-6-11-4-2-3-5-13(11)17(15)18-16(14)10-12/h2-10,18H,1H3. The number of ether oxygens (including phenoxy) is 1. The van der Waals surface area contributed by atoms with Crippen LogP contribution < -0.4 is 4.74 Å². The lowest BCUT2D eigenvalue weighted by Crippen LogP contribution is -1.80. The highest BCUT2D eigenvalue weighted by molar-refractivity contribution is 6.17. The van der Waals surface area contributed by atoms with Gasteiger partial charge in [-0.1, -0.05) is 36.4 Å². The highest BCUT2D eigenvalue weighted by Crippen LogP contribution is 2.32. The van der Waals surface area contributed by atoms with Crippen LogP contribution in [0.4, 0.5) is 0 Å². The molecule has 0 spiro atoms. The molecule has 0 bridgehead atoms. The Balaban J connectivity index is 2.20. The first-order valence-corrected chi connectivity index (χ1v) is 6.34. The third-order valence-corrected chi connectivity index (χ3v) is 3.71. The minimum atomic E-state index is 0.878. The highest BCUT2D eigenvalue weighted by atomic mass is 16.5. The molecule has 0 aliphatic rings. The van der Waals surface area contributed by atoms with Gasteiger partial charge in [0.25, 0.3) is 0 Å². The molecule has 2 nitrogen and oxygen atoms in total. The number of aromatic nitrogens is 1. The molecule has 0 aliphatic heterocycles. The van der Waals surface area contributed by atoms with Gasteiger partial charge < -0.3 is 9.72 Å². The van der Waals surface area contributed by atoms with Crippen molar-refractivity contribution in [2.24, 2.45) is 0 Å². The van der Waals surface area contributed by atoms with E-state index in [-0.39, 0.29) is 0 Å². The largest absolute Gasteiger partial charge is 0.497 e. The van der Waals surface area contributed by atoms with E-state index in [2.05, 4.69) is 47.4 Å². The zero-order valence-corrected chi connectivity index (χ0v) is 10.6. The molecule has 92 valence electrons. The van der Waals surface area contributed by atoms with Crippen molar-refractivity contribution in [2.75, 3.05) is 7.11 Å². The fraction of sp³-hybridized carbons (Fsp3) is 0.0588. The van der Waals surface area contributed by atoms with E-state index in [0.29, 0.717) is 0 Å². The van der Waals surface area contributed by atoms with Crippen LogP contribution in [-0.4, -0.2) is 12.1 Å². The monoisotopic (exact) mass is 247 g/mol. The summed E-state index contributed by atoms with van der Waals surface area (Å²) in [7, 11) is 1.69. The Hall–Kier alpha value is -2.48. The predicted octanol–water partition coefficient (Wildman–Crippen LogP) is 4.48. The van der Waals surface area contributed by atoms with Crippen LogP contribution in [0, 0.1) is 0 Å². The third kappa shape index (κ3) is 1.43. The molecule has 19 heavy (non-hydrogen) atoms. The zero-order valence-electron chi connectivity index (χ0n) is 10.6. The SMILES string of the molecule is COc1ccc2c(c1)[nH]c1c3ccccc3ccc21. The molecule has 0 aliphatic carbocycles. The molecule has 1 heterocycles. The second kappa shape index (κ2) is 3.75. The van der Waals surface area contributed by atoms with Gasteiger partial charge in [0.2, 0.25) is 0 Å². The minimum Gasteiger partial charge on any atom is -0.497 e. The van der Waals surface area contributed by atoms with E-state index in [1.54, 1.807) is 7.11 Å². The zero-order chi connectivity index (χ0) is 12.8. The molecule has 0 unspecified atom stereocenters. The summed E-state index contributed by atoms with van der Waals surface area (Å²) in [5, 5.41) is 5.02. The first kappa shape index (κ1) is 10.4. The number of aromatic amines is 1. The minimum absolute atomic E-state index is 0.878. The first-order valence-electron chi connectivity index (χ1n) is 6.34. The molecule has 3 aromatic carbocycles. The fourth-order valence-corrected chi connectivity index (χ4v) is 2.75. The average molecular weight is 247 g/mol. The fourth-order valence-electron chi connectivity index (χ4n) is 2.75. The Morgan fingerprint density at radius 3 is 2.58 bits per heavy atom. The van der Waals surface area contributed by atoms with E-state index in [1.165, 1.54) is 27.1 Å². The van der Waals surface area contributed by atoms with E-state index in [0.717, 1.165) is 11.3 Å². The van der Waals surface area contributed by atoms with Crippen molar-refractivity contribution in [3.05, 3.63) is 54.6 Å². The van der Waals surface area contributed by atoms with Crippen LogP contribution in [0.3, 0.4) is 0 Å². The Morgan fingerprint density at radius 1 is 0.842 bits per heavy atom. The van der Waals surface area contributed by atoms with Gasteiger partial charge in [-0.05, 0) is 17.5 Å². The summed E-state index contributed by atoms with van der Waals surface area (Å²) in [5.41, 5.74) is 2.31. The molecule has 0 saturated heterocycles. The second-order valence-electron chi connectivity index (χ2n) is 4.75. The number of nitrogens with one attached hydrogen (secondary N) is 1. The molecule has 2 heteroatoms. The number of hydrogen-bond acceptors (Lipinski definition) is 1. The maximum Gasteiger partial charge on any atom is 0.120 e. The van der Waals surface area contributed by atoms with Crippen LogP contribution in [0.2, 0.25) is 0 Å². The molecular formula is C17H13NO. The first-order chi connectivity index (χ1) is 9.36. The molecule has 0 saturated carbocycles. The Bertz CT molecular complexity index is 905. The number of rotatable bonds is 1. The Labute approximate surface area is 110 Å². The predicted molar refractivity (Wildman–Crippen MR) is 79.9 cm³/mol. The van der Waals surface area contributed by atoms with Gasteiger partial charge in [-0.3, -0.25) is 0 Å². The van der Waals surface area contributed by atoms with E-state index in [9.17, 15) is 0 Å². The molecular weight excluding hydrogens is 234 g/mol. The van der Waals surface area contributed by atoms with Crippen molar-refractivity contribution in [3.8, 4) is 5.75 Å². The number of fused-ring (bicyclic) bond motifs is 5. The van der Waals surface area contributed by atoms with Crippen molar-refractivity contribution in [2.45, 2.75) is 0 Å². The molecule has 4 aromatic rings. The summed E-state index contributed by atoms with van der Waals surface area (Å²) >= 11 is 0. The van der Waals surface area contributed by atoms with Gasteiger partial charge in [0.15, 0.2) is 0 Å². The van der Waals surface area contributed by atoms with E-state index < -0.39 is 0 Å². The Morgan fingerprint density at radius 2 is 1.68 bits per heavy atom. The average Bonchev–Trinajstić information content (AvgIpc) is 2.85. The molecule has 1 aromatic heterocycles. The molecule has 0 atom stereocenters. The molecule has 0 amide bonds. The molecule has 0 fully saturated rings. The van der Waals surface area contributed by atoms with Crippen LogP contribution in [0.15, 0.2) is 54.6 Å². The summed E-state index contributed by atoms with van der Waals surface area (Å²) < 4.78 is 5.29. The topological polar surface area (TPSA) is 25.0 Å². The third-order valence-electron chi connectivity index (χ3n) is 3.71. The molecule has 0 radical (unpaired) electrons. The van der Waals surface area contributed by atoms with Crippen molar-refractivity contribution in [3.63, 3.8) is 0 Å². The van der Waals surface area contributed by atoms with Crippen molar-refractivity contribution in [1.82, 2.24) is 4.98 Å². The van der Waals surface area contributed by atoms with E-state index in [4.69, 9.17) is 4.74 Å². The van der Waals surface area contributed by atoms with Gasteiger partial charge in [0.1, 0.15) is 5.75 Å². The van der Waals surface area contributed by atoms with Gasteiger partial charge in [-0.25, -0.2) is 0 Å². The van der Waals surface area contributed by atoms with Gasteiger partial charge in [-0.2, -0.15) is 0 Å². The summed E-state index contributed by atoms with van der Waals surface area (Å²) in [5.74, 6) is 0.878. The number of H-pyrrole nitrogens is 1. The maximum atomic E-state index is 5.29. The van der Waals surface area contributed by atoms with Gasteiger partial charge in [0, 0.05) is 22.2 Å². The lowest BCUT2D eigenvalue weighted by atomic mass is 10.1. The lowest BCUT2D eigenvalue weighted by molar-refractivity contribution is 0.415. The van der Waals surface area contributed by atoms with Crippen LogP contribution in [-0.2, 0) is 0 Å². The summed E-state index contributed by atoms with van der Waals surface area (Å²) in [6.45, 7) is 0. The summed E-state index contributed by atoms with van der Waals surface area (Å²) in [6.07, 6.45) is 0. The Kier molecular flexibility index (Phi) is 2.06. The van der Waals surface area contributed by atoms with E-state index in [1.807, 2.05) is 12.1 Å². The highest BCUT2D eigenvalue weighted by Gasteiger charge is 2.07. The van der Waals surface area contributed by atoms with Crippen LogP contribution in [0.5, 0.6) is 5.75 Å². The van der Waals surface area contributed by atoms with Crippen LogP contribution in [0.25, 0.3) is 32.6 Å². The smallest absolute Gasteiger partial charge is 0.120 e. The quantitative estimate of drug-likeness (QED) is 0.527. The van der Waals surface area contributed by atoms with Crippen molar-refractivity contribution < 1.29 is 4.74 Å². The van der Waals surface area contributed by atoms with Crippen molar-refractivity contribution >= 4 is 32.6 Å². The maximum absolute atomic E-state index is 5.29. The molecule has 1 N–H and O–H groups in total. The summed E-state index contributed by atoms with van der Waals surface area (Å²) in [4.78, 5) is 3.52. The van der Waals surface area contributed by atoms with Gasteiger partial charge in [-0.15, -0.1) is 0 Å². The second-order valence-corrected chi connectivity index (χ2v) is 4.75. The van der Waals surface area contributed by atoms with Gasteiger partial charge in [0.05, 0.1) is 18.1 Å². The lowest BCUT2D eigenvalue weighted by Gasteiger charge is -1.99. The van der Waals surface area contributed by atoms with Gasteiger partial charge >= 0.3 is 0 Å². The molecule has 4 rings (SSSR count). The number of benzene rings is 3. The number of methoxy groups -OCH3 is 1.